The van der Waals surface area contributed by atoms with Gasteiger partial charge in [0, 0.05) is 17.6 Å². The molecule has 0 saturated carbocycles. The number of nitrogens with two attached hydrogens (primary N) is 3. The van der Waals surface area contributed by atoms with E-state index in [9.17, 15) is 0 Å². The normalized spacial score (nSPS) is 13.6. The Morgan fingerprint density at radius 1 is 0.793 bits per heavy atom. The number of rotatable bonds is 12. The number of aromatic amines is 1. The highest BCUT2D eigenvalue weighted by molar-refractivity contribution is 5.79. The Labute approximate surface area is 174 Å². The Kier molecular flexibility index (Phi) is 8.23. The zero-order chi connectivity index (χ0) is 20.5. The molecule has 5 nitrogen and oxygen atoms in total. The predicted octanol–water partition coefficient (Wildman–Crippen LogP) is 4.12. The summed E-state index contributed by atoms with van der Waals surface area (Å²) in [6.45, 7) is 0.752. The highest BCUT2D eigenvalue weighted by Gasteiger charge is 2.11. The molecule has 0 radical (unpaired) electrons. The average molecular weight is 394 g/mol. The summed E-state index contributed by atoms with van der Waals surface area (Å²) in [4.78, 5) is 8.21. The molecule has 0 aliphatic heterocycles. The Bertz CT molecular complexity index is 839. The highest BCUT2D eigenvalue weighted by atomic mass is 14.9. The fourth-order valence-electron chi connectivity index (χ4n) is 3.87. The third-order valence-electron chi connectivity index (χ3n) is 5.62. The molecule has 3 rings (SSSR count). The monoisotopic (exact) mass is 393 g/mol. The molecule has 1 aromatic heterocycles. The van der Waals surface area contributed by atoms with Crippen LogP contribution < -0.4 is 17.2 Å². The number of hydrogen-bond acceptors (Lipinski definition) is 4. The van der Waals surface area contributed by atoms with Crippen LogP contribution in [-0.4, -0.2) is 28.6 Å². The molecular weight excluding hydrogens is 358 g/mol. The molecule has 2 aromatic carbocycles. The van der Waals surface area contributed by atoms with Crippen molar-refractivity contribution in [3.8, 4) is 11.4 Å². The summed E-state index contributed by atoms with van der Waals surface area (Å²) < 4.78 is 0. The molecule has 7 N–H and O–H groups in total. The molecule has 0 spiro atoms. The van der Waals surface area contributed by atoms with Crippen LogP contribution in [0.4, 0.5) is 0 Å². The summed E-state index contributed by atoms with van der Waals surface area (Å²) in [5.41, 5.74) is 22.6. The van der Waals surface area contributed by atoms with E-state index in [4.69, 9.17) is 22.2 Å². The number of aromatic nitrogens is 2. The molecule has 0 aliphatic carbocycles. The number of nitrogens with zero attached hydrogens (tertiary/aromatic N) is 1. The van der Waals surface area contributed by atoms with Gasteiger partial charge < -0.3 is 22.2 Å². The quantitative estimate of drug-likeness (QED) is 0.347. The van der Waals surface area contributed by atoms with E-state index in [0.29, 0.717) is 0 Å². The molecule has 0 saturated heterocycles. The van der Waals surface area contributed by atoms with Crippen LogP contribution in [0.15, 0.2) is 48.5 Å². The molecule has 0 bridgehead atoms. The van der Waals surface area contributed by atoms with E-state index in [0.717, 1.165) is 74.8 Å². The van der Waals surface area contributed by atoms with Gasteiger partial charge in [-0.1, -0.05) is 42.8 Å². The largest absolute Gasteiger partial charge is 0.338 e. The van der Waals surface area contributed by atoms with Crippen molar-refractivity contribution >= 4 is 11.0 Å². The number of hydrogen-bond donors (Lipinski definition) is 4. The molecule has 1 heterocycles. The standard InChI is InChI=1S/C24H35N5/c25-17-6-5-10-19(26)15-16-20(27)11-7-9-18-8-1-2-12-21(18)24-28-22-13-3-4-14-23(22)29-24/h1-4,8,12-14,19-20H,5-7,9-11,15-17,25-27H2,(H,28,29). The first-order chi connectivity index (χ1) is 14.2. The number of H-pyrrole nitrogens is 1. The van der Waals surface area contributed by atoms with Crippen molar-refractivity contribution in [2.45, 2.75) is 63.5 Å². The van der Waals surface area contributed by atoms with Gasteiger partial charge >= 0.3 is 0 Å². The van der Waals surface area contributed by atoms with Crippen LogP contribution in [0.3, 0.4) is 0 Å². The molecule has 0 aliphatic rings. The summed E-state index contributed by atoms with van der Waals surface area (Å²) in [6.07, 6.45) is 8.31. The predicted molar refractivity (Wildman–Crippen MR) is 123 cm³/mol. The molecule has 0 amide bonds. The van der Waals surface area contributed by atoms with Crippen molar-refractivity contribution in [3.05, 3.63) is 54.1 Å². The molecule has 3 aromatic rings. The molecule has 29 heavy (non-hydrogen) atoms. The van der Waals surface area contributed by atoms with Crippen molar-refractivity contribution in [2.75, 3.05) is 6.54 Å². The Balaban J connectivity index is 1.50. The van der Waals surface area contributed by atoms with Crippen molar-refractivity contribution in [3.63, 3.8) is 0 Å². The van der Waals surface area contributed by atoms with E-state index in [1.165, 1.54) is 11.1 Å². The van der Waals surface area contributed by atoms with E-state index in [1.54, 1.807) is 0 Å². The molecular formula is C24H35N5. The van der Waals surface area contributed by atoms with Gasteiger partial charge in [0.05, 0.1) is 11.0 Å². The Hall–Kier alpha value is -2.21. The van der Waals surface area contributed by atoms with Gasteiger partial charge in [-0.2, -0.15) is 0 Å². The van der Waals surface area contributed by atoms with Crippen LogP contribution >= 0.6 is 0 Å². The average Bonchev–Trinajstić information content (AvgIpc) is 3.17. The number of benzene rings is 2. The van der Waals surface area contributed by atoms with Gasteiger partial charge in [0.15, 0.2) is 0 Å². The minimum atomic E-state index is 0.217. The lowest BCUT2D eigenvalue weighted by atomic mass is 9.96. The van der Waals surface area contributed by atoms with Crippen LogP contribution in [0.5, 0.6) is 0 Å². The van der Waals surface area contributed by atoms with Crippen LogP contribution in [0.25, 0.3) is 22.4 Å². The number of fused-ring (bicyclic) bond motifs is 1. The second-order valence-electron chi connectivity index (χ2n) is 8.03. The van der Waals surface area contributed by atoms with E-state index in [1.807, 2.05) is 18.2 Å². The topological polar surface area (TPSA) is 107 Å². The number of imidazole rings is 1. The smallest absolute Gasteiger partial charge is 0.138 e. The molecule has 0 fully saturated rings. The lowest BCUT2D eigenvalue weighted by molar-refractivity contribution is 0.462. The molecule has 5 heteroatoms. The summed E-state index contributed by atoms with van der Waals surface area (Å²) in [5, 5.41) is 0. The van der Waals surface area contributed by atoms with Gasteiger partial charge in [-0.25, -0.2) is 4.98 Å². The number of para-hydroxylation sites is 2. The molecule has 156 valence electrons. The second-order valence-corrected chi connectivity index (χ2v) is 8.03. The van der Waals surface area contributed by atoms with Crippen LogP contribution in [0, 0.1) is 0 Å². The first-order valence-electron chi connectivity index (χ1n) is 10.9. The van der Waals surface area contributed by atoms with Crippen molar-refractivity contribution in [1.82, 2.24) is 9.97 Å². The first-order valence-corrected chi connectivity index (χ1v) is 10.9. The summed E-state index contributed by atoms with van der Waals surface area (Å²) in [6, 6.07) is 17.1. The van der Waals surface area contributed by atoms with Gasteiger partial charge in [0.25, 0.3) is 0 Å². The SMILES string of the molecule is NCCCCC(N)CCC(N)CCCc1ccccc1-c1nc2ccccc2[nH]1. The minimum absolute atomic E-state index is 0.217. The third kappa shape index (κ3) is 6.39. The summed E-state index contributed by atoms with van der Waals surface area (Å²) in [5.74, 6) is 0.939. The van der Waals surface area contributed by atoms with Crippen LogP contribution in [-0.2, 0) is 6.42 Å². The third-order valence-corrected chi connectivity index (χ3v) is 5.62. The van der Waals surface area contributed by atoms with E-state index in [2.05, 4.69) is 35.3 Å². The molecule has 2 unspecified atom stereocenters. The van der Waals surface area contributed by atoms with E-state index >= 15 is 0 Å². The van der Waals surface area contributed by atoms with E-state index < -0.39 is 0 Å². The van der Waals surface area contributed by atoms with Gasteiger partial charge in [0.1, 0.15) is 5.82 Å². The maximum atomic E-state index is 6.35. The zero-order valence-corrected chi connectivity index (χ0v) is 17.3. The second kappa shape index (κ2) is 11.1. The van der Waals surface area contributed by atoms with Gasteiger partial charge in [-0.05, 0) is 69.2 Å². The van der Waals surface area contributed by atoms with Crippen LogP contribution in [0.1, 0.15) is 50.5 Å². The van der Waals surface area contributed by atoms with Crippen molar-refractivity contribution < 1.29 is 0 Å². The number of aryl methyl sites for hydroxylation is 1. The molecule has 2 atom stereocenters. The fraction of sp³-hybridized carbons (Fsp3) is 0.458. The minimum Gasteiger partial charge on any atom is -0.338 e. The number of unbranched alkanes of at least 4 members (excludes halogenated alkanes) is 1. The lowest BCUT2D eigenvalue weighted by Gasteiger charge is -2.16. The lowest BCUT2D eigenvalue weighted by Crippen LogP contribution is -2.26. The Morgan fingerprint density at radius 2 is 1.48 bits per heavy atom. The first kappa shape index (κ1) is 21.5. The van der Waals surface area contributed by atoms with Crippen molar-refractivity contribution in [2.24, 2.45) is 17.2 Å². The maximum Gasteiger partial charge on any atom is 0.138 e. The van der Waals surface area contributed by atoms with Gasteiger partial charge in [0.2, 0.25) is 0 Å². The van der Waals surface area contributed by atoms with Gasteiger partial charge in [-0.3, -0.25) is 0 Å². The van der Waals surface area contributed by atoms with Crippen molar-refractivity contribution in [1.29, 1.82) is 0 Å². The van der Waals surface area contributed by atoms with Gasteiger partial charge in [-0.15, -0.1) is 0 Å². The Morgan fingerprint density at radius 3 is 2.24 bits per heavy atom. The number of nitrogens with one attached hydrogen (secondary N) is 1. The zero-order valence-electron chi connectivity index (χ0n) is 17.3. The highest BCUT2D eigenvalue weighted by Crippen LogP contribution is 2.25. The fourth-order valence-corrected chi connectivity index (χ4v) is 3.87. The van der Waals surface area contributed by atoms with Crippen LogP contribution in [0.2, 0.25) is 0 Å². The summed E-state index contributed by atoms with van der Waals surface area (Å²) >= 11 is 0. The summed E-state index contributed by atoms with van der Waals surface area (Å²) in [7, 11) is 0. The maximum absolute atomic E-state index is 6.35. The van der Waals surface area contributed by atoms with E-state index in [-0.39, 0.29) is 12.1 Å².